The molecule has 5 heteroatoms. The molecule has 1 N–H and O–H groups in total. The van der Waals surface area contributed by atoms with Crippen LogP contribution < -0.4 is 15.0 Å². The van der Waals surface area contributed by atoms with E-state index in [0.717, 1.165) is 47.8 Å². The fourth-order valence-electron chi connectivity index (χ4n) is 3.55. The van der Waals surface area contributed by atoms with Gasteiger partial charge in [0.15, 0.2) is 0 Å². The molecule has 0 saturated carbocycles. The Kier molecular flexibility index (Phi) is 4.98. The monoisotopic (exact) mass is 373 g/mol. The van der Waals surface area contributed by atoms with E-state index in [2.05, 4.69) is 16.4 Å². The van der Waals surface area contributed by atoms with Crippen LogP contribution in [-0.2, 0) is 6.42 Å². The van der Waals surface area contributed by atoms with Crippen LogP contribution in [0.15, 0.2) is 60.8 Å². The number of nitrogens with zero attached hydrogens (tertiary/aromatic N) is 2. The minimum atomic E-state index is -0.0631. The number of para-hydroxylation sites is 1. The minimum Gasteiger partial charge on any atom is -0.495 e. The molecule has 28 heavy (non-hydrogen) atoms. The Hall–Kier alpha value is -3.34. The summed E-state index contributed by atoms with van der Waals surface area (Å²) in [5.41, 5.74) is 5.46. The van der Waals surface area contributed by atoms with Gasteiger partial charge in [-0.25, -0.2) is 4.98 Å². The molecule has 1 aliphatic rings. The first kappa shape index (κ1) is 18.0. The van der Waals surface area contributed by atoms with Gasteiger partial charge < -0.3 is 15.0 Å². The van der Waals surface area contributed by atoms with Crippen LogP contribution in [0.2, 0.25) is 0 Å². The number of fused-ring (bicyclic) bond motifs is 1. The van der Waals surface area contributed by atoms with Crippen LogP contribution in [-0.4, -0.2) is 24.5 Å². The van der Waals surface area contributed by atoms with Gasteiger partial charge in [0, 0.05) is 12.2 Å². The van der Waals surface area contributed by atoms with E-state index in [0.29, 0.717) is 5.69 Å². The number of aryl methyl sites for hydroxylation is 2. The Bertz CT molecular complexity index is 999. The van der Waals surface area contributed by atoms with Crippen molar-refractivity contribution in [2.45, 2.75) is 19.8 Å². The van der Waals surface area contributed by atoms with Crippen molar-refractivity contribution < 1.29 is 9.53 Å². The van der Waals surface area contributed by atoms with Gasteiger partial charge in [-0.2, -0.15) is 0 Å². The Morgan fingerprint density at radius 3 is 2.79 bits per heavy atom. The largest absolute Gasteiger partial charge is 0.495 e. The molecule has 4 rings (SSSR count). The van der Waals surface area contributed by atoms with Gasteiger partial charge in [-0.05, 0) is 61.2 Å². The summed E-state index contributed by atoms with van der Waals surface area (Å²) in [6, 6.07) is 17.7. The van der Waals surface area contributed by atoms with Gasteiger partial charge >= 0.3 is 0 Å². The highest BCUT2D eigenvalue weighted by Gasteiger charge is 2.24. The molecule has 0 unspecified atom stereocenters. The van der Waals surface area contributed by atoms with Gasteiger partial charge in [0.25, 0.3) is 5.91 Å². The zero-order valence-corrected chi connectivity index (χ0v) is 16.1. The maximum absolute atomic E-state index is 13.0. The summed E-state index contributed by atoms with van der Waals surface area (Å²) >= 11 is 0. The molecular weight excluding hydrogens is 350 g/mol. The predicted molar refractivity (Wildman–Crippen MR) is 112 cm³/mol. The SMILES string of the molecule is COc1ccc(C)cc1Nc1ccc(C(=O)N2CCCc3ccccc32)nc1. The second-order valence-corrected chi connectivity index (χ2v) is 6.95. The van der Waals surface area contributed by atoms with Crippen LogP contribution in [0.4, 0.5) is 17.1 Å². The molecule has 0 atom stereocenters. The molecule has 2 heterocycles. The highest BCUT2D eigenvalue weighted by molar-refractivity contribution is 6.05. The average molecular weight is 373 g/mol. The fourth-order valence-corrected chi connectivity index (χ4v) is 3.55. The number of aromatic nitrogens is 1. The second-order valence-electron chi connectivity index (χ2n) is 6.95. The zero-order valence-electron chi connectivity index (χ0n) is 16.1. The maximum Gasteiger partial charge on any atom is 0.276 e. The lowest BCUT2D eigenvalue weighted by Gasteiger charge is -2.29. The summed E-state index contributed by atoms with van der Waals surface area (Å²) in [6.07, 6.45) is 3.66. The Morgan fingerprint density at radius 1 is 1.14 bits per heavy atom. The number of rotatable bonds is 4. The third-order valence-electron chi connectivity index (χ3n) is 4.97. The number of hydrogen-bond donors (Lipinski definition) is 1. The second kappa shape index (κ2) is 7.72. The number of carbonyl (C=O) groups is 1. The smallest absolute Gasteiger partial charge is 0.276 e. The number of methoxy groups -OCH3 is 1. The van der Waals surface area contributed by atoms with Crippen molar-refractivity contribution in [1.29, 1.82) is 0 Å². The van der Waals surface area contributed by atoms with E-state index in [1.807, 2.05) is 54.3 Å². The van der Waals surface area contributed by atoms with Gasteiger partial charge in [-0.3, -0.25) is 4.79 Å². The van der Waals surface area contributed by atoms with Crippen molar-refractivity contribution in [3.05, 3.63) is 77.6 Å². The topological polar surface area (TPSA) is 54.5 Å². The molecule has 1 amide bonds. The molecule has 2 aromatic carbocycles. The van der Waals surface area contributed by atoms with Gasteiger partial charge in [0.05, 0.1) is 24.7 Å². The first-order chi connectivity index (χ1) is 13.7. The van der Waals surface area contributed by atoms with E-state index in [9.17, 15) is 4.79 Å². The first-order valence-corrected chi connectivity index (χ1v) is 9.43. The molecule has 5 nitrogen and oxygen atoms in total. The molecule has 1 aromatic heterocycles. The van der Waals surface area contributed by atoms with Crippen molar-refractivity contribution in [1.82, 2.24) is 4.98 Å². The van der Waals surface area contributed by atoms with E-state index >= 15 is 0 Å². The molecule has 0 fully saturated rings. The molecule has 1 aliphatic heterocycles. The lowest BCUT2D eigenvalue weighted by Crippen LogP contribution is -2.35. The summed E-state index contributed by atoms with van der Waals surface area (Å²) in [7, 11) is 1.65. The number of nitrogens with one attached hydrogen (secondary N) is 1. The number of amides is 1. The van der Waals surface area contributed by atoms with E-state index in [1.165, 1.54) is 5.56 Å². The van der Waals surface area contributed by atoms with Crippen LogP contribution >= 0.6 is 0 Å². The molecule has 0 saturated heterocycles. The third-order valence-corrected chi connectivity index (χ3v) is 4.97. The van der Waals surface area contributed by atoms with E-state index in [-0.39, 0.29) is 5.91 Å². The minimum absolute atomic E-state index is 0.0631. The number of carbonyl (C=O) groups excluding carboxylic acids is 1. The normalized spacial score (nSPS) is 13.0. The van der Waals surface area contributed by atoms with Gasteiger partial charge in [0.2, 0.25) is 0 Å². The van der Waals surface area contributed by atoms with Crippen molar-refractivity contribution in [3.63, 3.8) is 0 Å². The Labute approximate surface area is 165 Å². The van der Waals surface area contributed by atoms with E-state index in [1.54, 1.807) is 19.4 Å². The number of ether oxygens (including phenoxy) is 1. The summed E-state index contributed by atoms with van der Waals surface area (Å²) < 4.78 is 5.40. The van der Waals surface area contributed by atoms with E-state index < -0.39 is 0 Å². The zero-order chi connectivity index (χ0) is 19.5. The lowest BCUT2D eigenvalue weighted by molar-refractivity contribution is 0.0980. The van der Waals surface area contributed by atoms with Crippen LogP contribution in [0.3, 0.4) is 0 Å². The summed E-state index contributed by atoms with van der Waals surface area (Å²) in [4.78, 5) is 19.2. The summed E-state index contributed by atoms with van der Waals surface area (Å²) in [6.45, 7) is 2.75. The maximum atomic E-state index is 13.0. The van der Waals surface area contributed by atoms with Gasteiger partial charge in [0.1, 0.15) is 11.4 Å². The molecule has 3 aromatic rings. The summed E-state index contributed by atoms with van der Waals surface area (Å²) in [5.74, 6) is 0.697. The van der Waals surface area contributed by atoms with Crippen LogP contribution in [0, 0.1) is 6.92 Å². The van der Waals surface area contributed by atoms with Crippen molar-refractivity contribution in [3.8, 4) is 5.75 Å². The fraction of sp³-hybridized carbons (Fsp3) is 0.217. The standard InChI is InChI=1S/C23H23N3O2/c1-16-9-12-22(28-2)20(14-16)25-18-10-11-19(24-15-18)23(27)26-13-5-7-17-6-3-4-8-21(17)26/h3-4,6,8-12,14-15,25H,5,7,13H2,1-2H3. The van der Waals surface area contributed by atoms with Crippen LogP contribution in [0.5, 0.6) is 5.75 Å². The highest BCUT2D eigenvalue weighted by atomic mass is 16.5. The predicted octanol–water partition coefficient (Wildman–Crippen LogP) is 4.74. The van der Waals surface area contributed by atoms with Crippen molar-refractivity contribution in [2.75, 3.05) is 23.9 Å². The Balaban J connectivity index is 1.54. The quantitative estimate of drug-likeness (QED) is 0.718. The lowest BCUT2D eigenvalue weighted by atomic mass is 10.0. The number of pyridine rings is 1. The summed E-state index contributed by atoms with van der Waals surface area (Å²) in [5, 5.41) is 3.31. The molecular formula is C23H23N3O2. The highest BCUT2D eigenvalue weighted by Crippen LogP contribution is 2.30. The third kappa shape index (κ3) is 3.56. The van der Waals surface area contributed by atoms with E-state index in [4.69, 9.17) is 4.74 Å². The van der Waals surface area contributed by atoms with Gasteiger partial charge in [-0.1, -0.05) is 24.3 Å². The molecule has 142 valence electrons. The first-order valence-electron chi connectivity index (χ1n) is 9.43. The Morgan fingerprint density at radius 2 is 2.00 bits per heavy atom. The number of benzene rings is 2. The molecule has 0 radical (unpaired) electrons. The van der Waals surface area contributed by atoms with Crippen LogP contribution in [0.25, 0.3) is 0 Å². The average Bonchev–Trinajstić information content (AvgIpc) is 2.73. The van der Waals surface area contributed by atoms with Crippen molar-refractivity contribution >= 4 is 23.0 Å². The van der Waals surface area contributed by atoms with Crippen LogP contribution in [0.1, 0.15) is 28.0 Å². The number of anilines is 3. The molecule has 0 bridgehead atoms. The molecule has 0 aliphatic carbocycles. The number of hydrogen-bond acceptors (Lipinski definition) is 4. The van der Waals surface area contributed by atoms with Gasteiger partial charge in [-0.15, -0.1) is 0 Å². The van der Waals surface area contributed by atoms with Crippen molar-refractivity contribution in [2.24, 2.45) is 0 Å². The molecule has 0 spiro atoms.